The van der Waals surface area contributed by atoms with Crippen molar-refractivity contribution in [1.82, 2.24) is 4.90 Å². The lowest BCUT2D eigenvalue weighted by Gasteiger charge is -2.49. The molecule has 3 amide bonds. The van der Waals surface area contributed by atoms with Gasteiger partial charge in [-0.05, 0) is 35.9 Å². The molecule has 2 aliphatic rings. The number of fused-ring (bicyclic) bond motifs is 3. The lowest BCUT2D eigenvalue weighted by molar-refractivity contribution is -0.129. The zero-order valence-corrected chi connectivity index (χ0v) is 17.1. The van der Waals surface area contributed by atoms with Crippen molar-refractivity contribution in [3.63, 3.8) is 0 Å². The van der Waals surface area contributed by atoms with Crippen LogP contribution in [0.15, 0.2) is 78.9 Å². The highest BCUT2D eigenvalue weighted by atomic mass is 19.1. The monoisotopic (exact) mass is 429 g/mol. The quantitative estimate of drug-likeness (QED) is 0.683. The SMILES string of the molecule is O=C1c2ccccc2N2C(=O)CCC2(C(=O)Nc2cccc(F)c2)N1Cc1ccccc1. The maximum Gasteiger partial charge on any atom is 0.271 e. The fourth-order valence-electron chi connectivity index (χ4n) is 4.57. The number of nitrogens with zero attached hydrogens (tertiary/aromatic N) is 2. The number of hydrogen-bond donors (Lipinski definition) is 1. The van der Waals surface area contributed by atoms with Crippen LogP contribution in [0.1, 0.15) is 28.8 Å². The van der Waals surface area contributed by atoms with E-state index in [2.05, 4.69) is 5.32 Å². The van der Waals surface area contributed by atoms with Gasteiger partial charge in [0.25, 0.3) is 11.8 Å². The van der Waals surface area contributed by atoms with Crippen LogP contribution in [0.3, 0.4) is 0 Å². The number of benzene rings is 3. The minimum Gasteiger partial charge on any atom is -0.322 e. The van der Waals surface area contributed by atoms with E-state index in [0.717, 1.165) is 5.56 Å². The normalized spacial score (nSPS) is 19.5. The number of halogens is 1. The molecule has 3 aromatic rings. The third-order valence-corrected chi connectivity index (χ3v) is 6.00. The van der Waals surface area contributed by atoms with Crippen molar-refractivity contribution < 1.29 is 18.8 Å². The first kappa shape index (κ1) is 19.9. The van der Waals surface area contributed by atoms with Gasteiger partial charge in [0.1, 0.15) is 5.82 Å². The molecule has 1 saturated heterocycles. The van der Waals surface area contributed by atoms with Crippen LogP contribution in [-0.4, -0.2) is 28.3 Å². The van der Waals surface area contributed by atoms with E-state index in [-0.39, 0.29) is 36.9 Å². The van der Waals surface area contributed by atoms with Gasteiger partial charge in [-0.3, -0.25) is 19.3 Å². The van der Waals surface area contributed by atoms with E-state index in [4.69, 9.17) is 0 Å². The van der Waals surface area contributed by atoms with Crippen LogP contribution in [0, 0.1) is 5.82 Å². The maximum atomic E-state index is 13.8. The molecule has 6 nitrogen and oxygen atoms in total. The lowest BCUT2D eigenvalue weighted by atomic mass is 9.94. The summed E-state index contributed by atoms with van der Waals surface area (Å²) in [6.07, 6.45) is 0.253. The molecule has 2 heterocycles. The van der Waals surface area contributed by atoms with E-state index in [1.165, 1.54) is 28.0 Å². The molecule has 1 N–H and O–H groups in total. The third-order valence-electron chi connectivity index (χ3n) is 6.00. The Morgan fingerprint density at radius 3 is 2.50 bits per heavy atom. The topological polar surface area (TPSA) is 69.7 Å². The molecule has 0 bridgehead atoms. The van der Waals surface area contributed by atoms with Gasteiger partial charge < -0.3 is 10.2 Å². The molecule has 1 atom stereocenters. The number of anilines is 2. The Morgan fingerprint density at radius 2 is 1.72 bits per heavy atom. The van der Waals surface area contributed by atoms with Crippen molar-refractivity contribution in [2.45, 2.75) is 25.0 Å². The fourth-order valence-corrected chi connectivity index (χ4v) is 4.57. The van der Waals surface area contributed by atoms with Crippen LogP contribution in [-0.2, 0) is 16.1 Å². The van der Waals surface area contributed by atoms with E-state index < -0.39 is 17.4 Å². The first-order valence-corrected chi connectivity index (χ1v) is 10.4. The summed E-state index contributed by atoms with van der Waals surface area (Å²) in [4.78, 5) is 43.3. The van der Waals surface area contributed by atoms with Crippen LogP contribution in [0.25, 0.3) is 0 Å². The molecular formula is C25H20FN3O3. The van der Waals surface area contributed by atoms with Gasteiger partial charge >= 0.3 is 0 Å². The van der Waals surface area contributed by atoms with Crippen molar-refractivity contribution in [2.24, 2.45) is 0 Å². The largest absolute Gasteiger partial charge is 0.322 e. The molecule has 3 aromatic carbocycles. The highest BCUT2D eigenvalue weighted by Gasteiger charge is 2.60. The van der Waals surface area contributed by atoms with Crippen LogP contribution < -0.4 is 10.2 Å². The van der Waals surface area contributed by atoms with Gasteiger partial charge in [-0.2, -0.15) is 0 Å². The number of carbonyl (C=O) groups is 3. The van der Waals surface area contributed by atoms with E-state index >= 15 is 0 Å². The van der Waals surface area contributed by atoms with E-state index in [1.807, 2.05) is 30.3 Å². The Hall–Kier alpha value is -4.00. The Kier molecular flexibility index (Phi) is 4.74. The smallest absolute Gasteiger partial charge is 0.271 e. The Bertz CT molecular complexity index is 1230. The van der Waals surface area contributed by atoms with Gasteiger partial charge in [0, 0.05) is 25.1 Å². The summed E-state index contributed by atoms with van der Waals surface area (Å²) in [7, 11) is 0. The Labute approximate surface area is 184 Å². The average Bonchev–Trinajstić information content (AvgIpc) is 3.16. The van der Waals surface area contributed by atoms with Gasteiger partial charge in [0.2, 0.25) is 11.6 Å². The molecule has 0 spiro atoms. The van der Waals surface area contributed by atoms with Crippen LogP contribution in [0.4, 0.5) is 15.8 Å². The van der Waals surface area contributed by atoms with E-state index in [0.29, 0.717) is 11.3 Å². The van der Waals surface area contributed by atoms with E-state index in [9.17, 15) is 18.8 Å². The van der Waals surface area contributed by atoms with Crippen molar-refractivity contribution in [3.05, 3.63) is 95.8 Å². The van der Waals surface area contributed by atoms with Gasteiger partial charge in [0.15, 0.2) is 0 Å². The predicted octanol–water partition coefficient (Wildman–Crippen LogP) is 3.94. The molecule has 32 heavy (non-hydrogen) atoms. The number of hydrogen-bond acceptors (Lipinski definition) is 3. The average molecular weight is 429 g/mol. The van der Waals surface area contributed by atoms with Crippen LogP contribution in [0.2, 0.25) is 0 Å². The summed E-state index contributed by atoms with van der Waals surface area (Å²) >= 11 is 0. The lowest BCUT2D eigenvalue weighted by Crippen LogP contribution is -2.69. The third kappa shape index (κ3) is 3.05. The number of rotatable bonds is 4. The van der Waals surface area contributed by atoms with Crippen molar-refractivity contribution in [3.8, 4) is 0 Å². The summed E-state index contributed by atoms with van der Waals surface area (Å²) in [6, 6.07) is 21.7. The standard InChI is InChI=1S/C25H20FN3O3/c26-18-9-6-10-19(15-18)27-24(32)25-14-13-22(30)29(25)21-12-5-4-11-20(21)23(31)28(25)16-17-7-2-1-3-8-17/h1-12,15H,13-14,16H2,(H,27,32). The maximum absolute atomic E-state index is 13.8. The molecule has 5 rings (SSSR count). The molecule has 0 radical (unpaired) electrons. The van der Waals surface area contributed by atoms with Gasteiger partial charge in [0.05, 0.1) is 11.3 Å². The molecule has 0 aliphatic carbocycles. The number of para-hydroxylation sites is 1. The Morgan fingerprint density at radius 1 is 0.969 bits per heavy atom. The predicted molar refractivity (Wildman–Crippen MR) is 117 cm³/mol. The van der Waals surface area contributed by atoms with Crippen molar-refractivity contribution in [2.75, 3.05) is 10.2 Å². The number of amides is 3. The molecule has 0 aromatic heterocycles. The summed E-state index contributed by atoms with van der Waals surface area (Å²) in [5.41, 5.74) is 0.323. The first-order chi connectivity index (χ1) is 15.5. The zero-order valence-electron chi connectivity index (χ0n) is 17.1. The Balaban J connectivity index is 1.65. The van der Waals surface area contributed by atoms with Crippen LogP contribution in [0.5, 0.6) is 0 Å². The zero-order chi connectivity index (χ0) is 22.3. The summed E-state index contributed by atoms with van der Waals surface area (Å²) in [5.74, 6) is -1.61. The second kappa shape index (κ2) is 7.60. The highest BCUT2D eigenvalue weighted by molar-refractivity contribution is 6.18. The minimum atomic E-state index is -1.55. The molecular weight excluding hydrogens is 409 g/mol. The molecule has 1 fully saturated rings. The molecule has 1 unspecified atom stereocenters. The fraction of sp³-hybridized carbons (Fsp3) is 0.160. The van der Waals surface area contributed by atoms with Gasteiger partial charge in [-0.1, -0.05) is 48.5 Å². The summed E-state index contributed by atoms with van der Waals surface area (Å²) in [5, 5.41) is 2.74. The molecule has 160 valence electrons. The summed E-state index contributed by atoms with van der Waals surface area (Å²) in [6.45, 7) is 0.147. The van der Waals surface area contributed by atoms with Gasteiger partial charge in [-0.15, -0.1) is 0 Å². The molecule has 2 aliphatic heterocycles. The van der Waals surface area contributed by atoms with Crippen molar-refractivity contribution in [1.29, 1.82) is 0 Å². The van der Waals surface area contributed by atoms with Gasteiger partial charge in [-0.25, -0.2) is 4.39 Å². The molecule has 7 heteroatoms. The van der Waals surface area contributed by atoms with E-state index in [1.54, 1.807) is 30.3 Å². The molecule has 0 saturated carbocycles. The summed E-state index contributed by atoms with van der Waals surface area (Å²) < 4.78 is 13.7. The second-order valence-corrected chi connectivity index (χ2v) is 7.90. The number of carbonyl (C=O) groups excluding carboxylic acids is 3. The van der Waals surface area contributed by atoms with Crippen LogP contribution >= 0.6 is 0 Å². The van der Waals surface area contributed by atoms with Crippen molar-refractivity contribution >= 4 is 29.1 Å². The minimum absolute atomic E-state index is 0.115. The second-order valence-electron chi connectivity index (χ2n) is 7.90. The first-order valence-electron chi connectivity index (χ1n) is 10.4. The number of nitrogens with one attached hydrogen (secondary N) is 1. The highest BCUT2D eigenvalue weighted by Crippen LogP contribution is 2.45.